The Morgan fingerprint density at radius 1 is 1.44 bits per heavy atom. The summed E-state index contributed by atoms with van der Waals surface area (Å²) in [6.45, 7) is 6.02. The monoisotopic (exact) mass is 337 g/mol. The molecule has 4 heterocycles. The van der Waals surface area contributed by atoms with Crippen molar-refractivity contribution in [2.45, 2.75) is 18.9 Å². The summed E-state index contributed by atoms with van der Waals surface area (Å²) in [7, 11) is 1.65. The Labute approximate surface area is 147 Å². The number of hydrogen-bond donors (Lipinski definition) is 1. The minimum atomic E-state index is 0.136. The first-order chi connectivity index (χ1) is 12.2. The van der Waals surface area contributed by atoms with E-state index in [9.17, 15) is 5.21 Å². The maximum absolute atomic E-state index is 9.86. The molecule has 130 valence electrons. The van der Waals surface area contributed by atoms with Gasteiger partial charge in [0.25, 0.3) is 0 Å². The standard InChI is InChI=1S/C20H23N3O2/c1-3-13-12-23-9-7-14(13)10-19(23)20(22-24)16-6-8-21-18-5-4-15(25-2)11-17(16)18/h3-6,8,11,13-14,19,24H,1,7,9-10,12H2,2H3/t13-,14-,19?/m0/s1. The van der Waals surface area contributed by atoms with Gasteiger partial charge in [0.15, 0.2) is 0 Å². The van der Waals surface area contributed by atoms with Crippen LogP contribution in [0.5, 0.6) is 5.75 Å². The summed E-state index contributed by atoms with van der Waals surface area (Å²) in [4.78, 5) is 6.86. The van der Waals surface area contributed by atoms with E-state index in [0.717, 1.165) is 47.4 Å². The van der Waals surface area contributed by atoms with E-state index in [1.165, 1.54) is 6.42 Å². The van der Waals surface area contributed by atoms with E-state index in [4.69, 9.17) is 4.74 Å². The highest BCUT2D eigenvalue weighted by atomic mass is 16.5. The Bertz CT molecular complexity index is 833. The van der Waals surface area contributed by atoms with E-state index >= 15 is 0 Å². The summed E-state index contributed by atoms with van der Waals surface area (Å²) < 4.78 is 5.36. The second-order valence-electron chi connectivity index (χ2n) is 6.92. The lowest BCUT2D eigenvalue weighted by Gasteiger charge is -2.49. The molecule has 0 spiro atoms. The van der Waals surface area contributed by atoms with Crippen LogP contribution in [0.2, 0.25) is 0 Å². The van der Waals surface area contributed by atoms with Gasteiger partial charge in [0.05, 0.1) is 18.7 Å². The van der Waals surface area contributed by atoms with Crippen LogP contribution in [-0.2, 0) is 0 Å². The van der Waals surface area contributed by atoms with Crippen molar-refractivity contribution in [3.8, 4) is 5.75 Å². The summed E-state index contributed by atoms with van der Waals surface area (Å²) >= 11 is 0. The number of nitrogens with zero attached hydrogens (tertiary/aromatic N) is 3. The first-order valence-electron chi connectivity index (χ1n) is 8.77. The molecule has 3 aliphatic rings. The number of rotatable bonds is 4. The van der Waals surface area contributed by atoms with E-state index in [0.29, 0.717) is 11.8 Å². The van der Waals surface area contributed by atoms with E-state index in [-0.39, 0.29) is 6.04 Å². The second kappa shape index (κ2) is 6.48. The van der Waals surface area contributed by atoms with Crippen molar-refractivity contribution in [1.82, 2.24) is 9.88 Å². The zero-order chi connectivity index (χ0) is 17.4. The molecule has 5 heteroatoms. The van der Waals surface area contributed by atoms with Crippen molar-refractivity contribution in [3.05, 3.63) is 48.7 Å². The highest BCUT2D eigenvalue weighted by Crippen LogP contribution is 2.38. The molecule has 0 amide bonds. The molecule has 3 aliphatic heterocycles. The van der Waals surface area contributed by atoms with Crippen LogP contribution in [-0.4, -0.2) is 47.0 Å². The van der Waals surface area contributed by atoms with Crippen molar-refractivity contribution in [2.24, 2.45) is 17.0 Å². The van der Waals surface area contributed by atoms with E-state index < -0.39 is 0 Å². The van der Waals surface area contributed by atoms with E-state index in [1.807, 2.05) is 24.3 Å². The van der Waals surface area contributed by atoms with Crippen LogP contribution < -0.4 is 4.74 Å². The molecule has 4 atom stereocenters. The second-order valence-corrected chi connectivity index (χ2v) is 6.92. The molecule has 5 rings (SSSR count). The van der Waals surface area contributed by atoms with Gasteiger partial charge in [-0.15, -0.1) is 6.58 Å². The smallest absolute Gasteiger partial charge is 0.119 e. The van der Waals surface area contributed by atoms with Gasteiger partial charge in [-0.25, -0.2) is 0 Å². The van der Waals surface area contributed by atoms with Crippen molar-refractivity contribution < 1.29 is 9.94 Å². The van der Waals surface area contributed by atoms with Crippen LogP contribution in [0.15, 0.2) is 48.3 Å². The first kappa shape index (κ1) is 16.1. The summed E-state index contributed by atoms with van der Waals surface area (Å²) in [6, 6.07) is 7.87. The Morgan fingerprint density at radius 3 is 3.00 bits per heavy atom. The molecule has 5 nitrogen and oxygen atoms in total. The lowest BCUT2D eigenvalue weighted by atomic mass is 9.74. The summed E-state index contributed by atoms with van der Waals surface area (Å²) in [5.41, 5.74) is 2.53. The number of ether oxygens (including phenoxy) is 1. The molecule has 2 aromatic rings. The van der Waals surface area contributed by atoms with Crippen molar-refractivity contribution in [2.75, 3.05) is 20.2 Å². The minimum Gasteiger partial charge on any atom is -0.497 e. The van der Waals surface area contributed by atoms with Crippen molar-refractivity contribution >= 4 is 16.6 Å². The summed E-state index contributed by atoms with van der Waals surface area (Å²) in [6.07, 6.45) is 6.05. The fourth-order valence-corrected chi connectivity index (χ4v) is 4.40. The lowest BCUT2D eigenvalue weighted by molar-refractivity contribution is 0.0475. The van der Waals surface area contributed by atoms with Crippen LogP contribution in [0, 0.1) is 11.8 Å². The largest absolute Gasteiger partial charge is 0.497 e. The highest BCUT2D eigenvalue weighted by Gasteiger charge is 2.41. The molecule has 2 bridgehead atoms. The summed E-state index contributed by atoms with van der Waals surface area (Å²) in [5, 5.41) is 14.6. The van der Waals surface area contributed by atoms with Crippen LogP contribution >= 0.6 is 0 Å². The van der Waals surface area contributed by atoms with Crippen LogP contribution in [0.1, 0.15) is 18.4 Å². The first-order valence-corrected chi connectivity index (χ1v) is 8.77. The Balaban J connectivity index is 1.75. The molecule has 1 N–H and O–H groups in total. The molecule has 2 unspecified atom stereocenters. The number of methoxy groups -OCH3 is 1. The quantitative estimate of drug-likeness (QED) is 0.402. The highest BCUT2D eigenvalue weighted by molar-refractivity contribution is 6.12. The van der Waals surface area contributed by atoms with Gasteiger partial charge in [0.1, 0.15) is 11.5 Å². The average Bonchev–Trinajstić information content (AvgIpc) is 2.68. The number of benzene rings is 1. The van der Waals surface area contributed by atoms with Gasteiger partial charge in [-0.05, 0) is 55.5 Å². The number of fused-ring (bicyclic) bond motifs is 4. The normalized spacial score (nSPS) is 28.9. The maximum atomic E-state index is 9.86. The van der Waals surface area contributed by atoms with Gasteiger partial charge in [-0.1, -0.05) is 11.2 Å². The van der Waals surface area contributed by atoms with Gasteiger partial charge in [-0.3, -0.25) is 9.88 Å². The Morgan fingerprint density at radius 2 is 2.32 bits per heavy atom. The minimum absolute atomic E-state index is 0.136. The molecular weight excluding hydrogens is 314 g/mol. The molecule has 0 aliphatic carbocycles. The molecule has 0 radical (unpaired) electrons. The molecule has 3 fully saturated rings. The predicted octanol–water partition coefficient (Wildman–Crippen LogP) is 3.32. The van der Waals surface area contributed by atoms with E-state index in [2.05, 4.69) is 27.7 Å². The zero-order valence-electron chi connectivity index (χ0n) is 14.4. The molecule has 0 saturated carbocycles. The Kier molecular flexibility index (Phi) is 4.17. The van der Waals surface area contributed by atoms with Crippen LogP contribution in [0.4, 0.5) is 0 Å². The number of piperidine rings is 3. The molecular formula is C20H23N3O2. The topological polar surface area (TPSA) is 58.0 Å². The predicted molar refractivity (Wildman–Crippen MR) is 98.4 cm³/mol. The fourth-order valence-electron chi connectivity index (χ4n) is 4.40. The third-order valence-electron chi connectivity index (χ3n) is 5.76. The number of hydrogen-bond acceptors (Lipinski definition) is 5. The number of oxime groups is 1. The third kappa shape index (κ3) is 2.68. The van der Waals surface area contributed by atoms with E-state index in [1.54, 1.807) is 13.3 Å². The van der Waals surface area contributed by atoms with Gasteiger partial charge in [0.2, 0.25) is 0 Å². The van der Waals surface area contributed by atoms with Gasteiger partial charge >= 0.3 is 0 Å². The van der Waals surface area contributed by atoms with Gasteiger partial charge in [0, 0.05) is 23.7 Å². The SMILES string of the molecule is C=C[C@H]1CN2CC[C@H]1CC2C(=NO)c1ccnc2ccc(OC)cc12. The van der Waals surface area contributed by atoms with Crippen molar-refractivity contribution in [1.29, 1.82) is 0 Å². The molecule has 1 aromatic carbocycles. The van der Waals surface area contributed by atoms with Crippen LogP contribution in [0.3, 0.4) is 0 Å². The fraction of sp³-hybridized carbons (Fsp3) is 0.400. The van der Waals surface area contributed by atoms with Gasteiger partial charge < -0.3 is 9.94 Å². The van der Waals surface area contributed by atoms with Gasteiger partial charge in [-0.2, -0.15) is 0 Å². The van der Waals surface area contributed by atoms with Crippen molar-refractivity contribution in [3.63, 3.8) is 0 Å². The maximum Gasteiger partial charge on any atom is 0.119 e. The number of pyridine rings is 1. The zero-order valence-corrected chi connectivity index (χ0v) is 14.4. The molecule has 25 heavy (non-hydrogen) atoms. The number of aromatic nitrogens is 1. The van der Waals surface area contributed by atoms with Crippen LogP contribution in [0.25, 0.3) is 10.9 Å². The average molecular weight is 337 g/mol. The Hall–Kier alpha value is -2.40. The third-order valence-corrected chi connectivity index (χ3v) is 5.76. The molecule has 3 saturated heterocycles. The summed E-state index contributed by atoms with van der Waals surface area (Å²) in [5.74, 6) is 1.93. The molecule has 1 aromatic heterocycles. The lowest BCUT2D eigenvalue weighted by Crippen LogP contribution is -2.56.